The number of anilines is 1. The fourth-order valence-electron chi connectivity index (χ4n) is 7.39. The van der Waals surface area contributed by atoms with Crippen molar-refractivity contribution in [3.63, 3.8) is 0 Å². The second kappa shape index (κ2) is 20.9. The van der Waals surface area contributed by atoms with E-state index < -0.39 is 0 Å². The van der Waals surface area contributed by atoms with Gasteiger partial charge in [0.1, 0.15) is 0 Å². The second-order valence-corrected chi connectivity index (χ2v) is 15.1. The van der Waals surface area contributed by atoms with Crippen LogP contribution in [0.25, 0.3) is 5.57 Å². The normalized spacial score (nSPS) is 19.4. The predicted octanol–water partition coefficient (Wildman–Crippen LogP) is 7.61. The van der Waals surface area contributed by atoms with Crippen LogP contribution in [0, 0.1) is 31.1 Å². The summed E-state index contributed by atoms with van der Waals surface area (Å²) in [6.45, 7) is 16.4. The van der Waals surface area contributed by atoms with Crippen molar-refractivity contribution < 1.29 is 22.9 Å². The van der Waals surface area contributed by atoms with Crippen molar-refractivity contribution in [2.24, 2.45) is 13.0 Å². The maximum absolute atomic E-state index is 14.9. The van der Waals surface area contributed by atoms with Crippen LogP contribution in [0.4, 0.5) is 5.69 Å². The number of amides is 2. The topological polar surface area (TPSA) is 100 Å². The van der Waals surface area contributed by atoms with E-state index in [-0.39, 0.29) is 30.3 Å². The summed E-state index contributed by atoms with van der Waals surface area (Å²) in [7, 11) is 3.51. The smallest absolute Gasteiger partial charge is 0.0457 e. The van der Waals surface area contributed by atoms with Crippen LogP contribution >= 0.6 is 0 Å². The number of aromatic nitrogens is 1. The first-order chi connectivity index (χ1) is 28.0. The maximum Gasteiger partial charge on any atom is 0.0457 e. The Bertz CT molecular complexity index is 2150. The zero-order valence-electron chi connectivity index (χ0n) is 34.4. The van der Waals surface area contributed by atoms with E-state index in [4.69, 9.17) is 13.3 Å². The van der Waals surface area contributed by atoms with Gasteiger partial charge in [-0.1, -0.05) is 43.9 Å². The molecule has 0 spiro atoms. The molecule has 3 heterocycles. The Morgan fingerprint density at radius 1 is 1.10 bits per heavy atom. The van der Waals surface area contributed by atoms with Crippen LogP contribution in [0.1, 0.15) is 53.1 Å². The van der Waals surface area contributed by atoms with E-state index in [1.54, 1.807) is 48.4 Å². The number of carbonyl (C=O) groups excluding carboxylic acids is 2. The molecule has 2 aliphatic heterocycles. The molecule has 0 saturated carbocycles. The van der Waals surface area contributed by atoms with E-state index in [1.807, 2.05) is 85.8 Å². The average molecular weight is 848 g/mol. The van der Waals surface area contributed by atoms with Gasteiger partial charge >= 0.3 is 191 Å². The van der Waals surface area contributed by atoms with Gasteiger partial charge in [0, 0.05) is 32.2 Å². The Morgan fingerprint density at radius 2 is 1.84 bits per heavy atom. The number of allylic oxidation sites excluding steroid dienone is 8. The molecule has 0 bridgehead atoms. The number of ether oxygens (including phenoxy) is 2. The summed E-state index contributed by atoms with van der Waals surface area (Å²) >= 11 is 2.56. The standard InChI is InChI=1S/C47H54N5O5Se/c1-8-12-37(29-48)26-39(27-46(53)51-30-34(3)14-10-9-13-33(2)25-41(51)32-50-21-23-56-24-22-50)44-28-43(36(5)49(44)6)47(54)52(40-17-19-42(57-58)20-18-40)31-38-15-11-16-45(55-7)35(38)4/h8-20,26-28,33,41H,3,21-25,30-32H2,1-2,4-7H3/b12-8-,13-9-,14-10-,37-26+,39-27-/t33?,41-/m0/s1. The van der Waals surface area contributed by atoms with Gasteiger partial charge in [-0.3, -0.25) is 9.69 Å². The molecule has 1 radical (unpaired) electrons. The van der Waals surface area contributed by atoms with Gasteiger partial charge in [0.2, 0.25) is 5.91 Å². The number of nitriles is 1. The van der Waals surface area contributed by atoms with Gasteiger partial charge in [0.15, 0.2) is 0 Å². The first kappa shape index (κ1) is 43.7. The van der Waals surface area contributed by atoms with Gasteiger partial charge in [-0.05, 0) is 30.9 Å². The molecule has 303 valence electrons. The summed E-state index contributed by atoms with van der Waals surface area (Å²) < 4.78 is 18.5. The van der Waals surface area contributed by atoms with Gasteiger partial charge < -0.3 is 9.64 Å². The Kier molecular flexibility index (Phi) is 15.7. The van der Waals surface area contributed by atoms with Crippen LogP contribution in [0.15, 0.2) is 115 Å². The molecule has 0 aliphatic carbocycles. The number of benzene rings is 2. The molecule has 2 amide bonds. The molecule has 1 unspecified atom stereocenters. The van der Waals surface area contributed by atoms with Gasteiger partial charge in [-0.2, -0.15) is 5.26 Å². The van der Waals surface area contributed by atoms with Crippen molar-refractivity contribution in [2.45, 2.75) is 46.7 Å². The quantitative estimate of drug-likeness (QED) is 0.0802. The summed E-state index contributed by atoms with van der Waals surface area (Å²) in [6, 6.07) is 17.1. The largest absolute Gasteiger partial charge is 0.0457 e. The number of morpholine rings is 1. The minimum atomic E-state index is -0.228. The van der Waals surface area contributed by atoms with Crippen molar-refractivity contribution in [3.8, 4) is 17.6 Å². The minimum absolute atomic E-state index is 0.121. The van der Waals surface area contributed by atoms with Gasteiger partial charge in [-0.15, -0.1) is 0 Å². The number of hydrogen-bond acceptors (Lipinski definition) is 7. The summed E-state index contributed by atoms with van der Waals surface area (Å²) in [5.74, 6) is 1.14. The molecule has 1 aromatic heterocycles. The molecule has 1 fully saturated rings. The van der Waals surface area contributed by atoms with E-state index in [0.29, 0.717) is 65.8 Å². The third kappa shape index (κ3) is 11.0. The van der Waals surface area contributed by atoms with E-state index in [0.717, 1.165) is 42.0 Å². The molecule has 3 aromatic rings. The zero-order valence-corrected chi connectivity index (χ0v) is 36.2. The van der Waals surface area contributed by atoms with Crippen molar-refractivity contribution in [1.29, 1.82) is 5.26 Å². The van der Waals surface area contributed by atoms with E-state index in [1.165, 1.54) is 0 Å². The molecule has 1 saturated heterocycles. The average Bonchev–Trinajstić information content (AvgIpc) is 3.53. The second-order valence-electron chi connectivity index (χ2n) is 14.8. The SMILES string of the molecule is C=C1/C=C\C=C/C(C)C[C@@H](CN2CCOCC2)N(C(=O)/C=C(/C=C(C#N)\C=C/C)c2cc(C(=O)N(Cc3cccc(OC)c3C)c3ccc(O[Se])cc3)c(C)n2C)C1. The molecule has 2 aromatic carbocycles. The molecule has 58 heavy (non-hydrogen) atoms. The Hall–Kier alpha value is -5.37. The first-order valence-electron chi connectivity index (χ1n) is 19.6. The first-order valence-corrected chi connectivity index (χ1v) is 20.3. The number of rotatable bonds is 12. The Morgan fingerprint density at radius 3 is 2.52 bits per heavy atom. The number of hydrogen-bond donors (Lipinski definition) is 0. The van der Waals surface area contributed by atoms with Crippen LogP contribution in [-0.2, 0) is 23.1 Å². The zero-order chi connectivity index (χ0) is 41.8. The third-order valence-corrected chi connectivity index (χ3v) is 11.2. The van der Waals surface area contributed by atoms with Crippen LogP contribution < -0.4 is 13.5 Å². The summed E-state index contributed by atoms with van der Waals surface area (Å²) in [5.41, 5.74) is 6.01. The van der Waals surface area contributed by atoms with Crippen LogP contribution in [-0.4, -0.2) is 95.1 Å². The van der Waals surface area contributed by atoms with Crippen molar-refractivity contribution in [2.75, 3.05) is 51.4 Å². The predicted molar refractivity (Wildman–Crippen MR) is 232 cm³/mol. The van der Waals surface area contributed by atoms with Crippen LogP contribution in [0.2, 0.25) is 0 Å². The summed E-state index contributed by atoms with van der Waals surface area (Å²) in [6.07, 6.45) is 15.7. The van der Waals surface area contributed by atoms with Crippen molar-refractivity contribution in [1.82, 2.24) is 14.4 Å². The summed E-state index contributed by atoms with van der Waals surface area (Å²) in [5, 5.41) is 10.2. The Labute approximate surface area is 352 Å². The molecule has 2 atom stereocenters. The Balaban J connectivity index is 1.62. The fraction of sp³-hybridized carbons (Fsp3) is 0.340. The van der Waals surface area contributed by atoms with Gasteiger partial charge in [0.05, 0.1) is 24.9 Å². The van der Waals surface area contributed by atoms with Gasteiger partial charge in [-0.25, -0.2) is 0 Å². The molecule has 2 aliphatic rings. The van der Waals surface area contributed by atoms with E-state index in [2.05, 4.69) is 53.0 Å². The fourth-order valence-corrected chi connectivity index (χ4v) is 7.62. The van der Waals surface area contributed by atoms with Gasteiger partial charge in [0.25, 0.3) is 0 Å². The van der Waals surface area contributed by atoms with Crippen LogP contribution in [0.3, 0.4) is 0 Å². The minimum Gasteiger partial charge on any atom is 0.0457 e. The number of nitrogens with zero attached hydrogens (tertiary/aromatic N) is 5. The molecular weight excluding hydrogens is 794 g/mol. The maximum atomic E-state index is 14.9. The third-order valence-electron chi connectivity index (χ3n) is 10.8. The molecule has 5 rings (SSSR count). The number of carbonyl (C=O) groups is 2. The van der Waals surface area contributed by atoms with E-state index in [9.17, 15) is 14.9 Å². The van der Waals surface area contributed by atoms with Crippen molar-refractivity contribution >= 4 is 39.4 Å². The van der Waals surface area contributed by atoms with Crippen LogP contribution in [0.5, 0.6) is 11.5 Å². The molecule has 10 nitrogen and oxygen atoms in total. The monoisotopic (exact) mass is 848 g/mol. The van der Waals surface area contributed by atoms with Crippen molar-refractivity contribution in [3.05, 3.63) is 143 Å². The molecular formula is C47H54N5O5Se. The molecule has 0 N–H and O–H groups in total. The number of methoxy groups -OCH3 is 1. The van der Waals surface area contributed by atoms with E-state index >= 15 is 0 Å². The molecule has 11 heteroatoms. The summed E-state index contributed by atoms with van der Waals surface area (Å²) in [4.78, 5) is 35.7.